The third-order valence-electron chi connectivity index (χ3n) is 6.39. The molecule has 0 amide bonds. The summed E-state index contributed by atoms with van der Waals surface area (Å²) < 4.78 is 49.7. The van der Waals surface area contributed by atoms with Gasteiger partial charge in [0.15, 0.2) is 20.0 Å². The van der Waals surface area contributed by atoms with Crippen LogP contribution in [0.2, 0.25) is 16.6 Å². The van der Waals surface area contributed by atoms with Crippen LogP contribution < -0.4 is 5.32 Å². The highest BCUT2D eigenvalue weighted by Gasteiger charge is 2.45. The van der Waals surface area contributed by atoms with Crippen LogP contribution in [-0.2, 0) is 10.8 Å². The van der Waals surface area contributed by atoms with Crippen LogP contribution in [0.25, 0.3) is 0 Å². The first kappa shape index (κ1) is 26.4. The fraction of sp³-hybridized carbons (Fsp3) is 0.520. The zero-order chi connectivity index (χ0) is 24.2. The minimum absolute atomic E-state index is 0.0105. The van der Waals surface area contributed by atoms with Crippen molar-refractivity contribution in [1.29, 1.82) is 0 Å². The van der Waals surface area contributed by atoms with Crippen LogP contribution in [0.15, 0.2) is 30.3 Å². The molecule has 1 atom stereocenters. The summed E-state index contributed by atoms with van der Waals surface area (Å²) in [6.45, 7) is 14.6. The molecule has 2 aromatic rings. The van der Waals surface area contributed by atoms with E-state index in [4.69, 9.17) is 4.43 Å². The molecule has 0 bridgehead atoms. The lowest BCUT2D eigenvalue weighted by atomic mass is 10.1. The fourth-order valence-corrected chi connectivity index (χ4v) is 10.2. The maximum Gasteiger partial charge on any atom is 0.200 e. The van der Waals surface area contributed by atoms with E-state index in [1.165, 1.54) is 18.2 Å². The Hall–Kier alpha value is -1.83. The number of aryl methyl sites for hydroxylation is 1. The second kappa shape index (κ2) is 10.9. The van der Waals surface area contributed by atoms with E-state index < -0.39 is 31.9 Å². The quantitative estimate of drug-likeness (QED) is 0.353. The molecule has 2 rings (SSSR count). The van der Waals surface area contributed by atoms with Crippen LogP contribution in [-0.4, -0.2) is 20.0 Å². The third-order valence-corrected chi connectivity index (χ3v) is 12.5. The molecule has 3 nitrogen and oxygen atoms in total. The van der Waals surface area contributed by atoms with Gasteiger partial charge in [0.2, 0.25) is 0 Å². The summed E-state index contributed by atoms with van der Waals surface area (Å²) in [7, 11) is -2.27. The molecule has 0 saturated carbocycles. The number of benzene rings is 2. The summed E-state index contributed by atoms with van der Waals surface area (Å²) >= 11 is 0. The van der Waals surface area contributed by atoms with Gasteiger partial charge in [0.05, 0.1) is 18.0 Å². The van der Waals surface area contributed by atoms with Gasteiger partial charge in [-0.05, 0) is 46.8 Å². The van der Waals surface area contributed by atoms with Crippen LogP contribution in [0.1, 0.15) is 65.7 Å². The van der Waals surface area contributed by atoms with E-state index in [-0.39, 0.29) is 23.5 Å². The van der Waals surface area contributed by atoms with Gasteiger partial charge in [0.25, 0.3) is 0 Å². The molecule has 0 heterocycles. The van der Waals surface area contributed by atoms with E-state index in [9.17, 15) is 18.3 Å². The van der Waals surface area contributed by atoms with E-state index in [1.54, 1.807) is 6.07 Å². The number of hydrogen-bond donors (Lipinski definition) is 2. The van der Waals surface area contributed by atoms with Gasteiger partial charge in [0.1, 0.15) is 11.9 Å². The summed E-state index contributed by atoms with van der Waals surface area (Å²) in [5.74, 6) is -2.82. The van der Waals surface area contributed by atoms with Gasteiger partial charge in [-0.1, -0.05) is 60.6 Å². The average Bonchev–Trinajstić information content (AvgIpc) is 2.72. The summed E-state index contributed by atoms with van der Waals surface area (Å²) in [6.07, 6.45) is -0.547. The summed E-state index contributed by atoms with van der Waals surface area (Å²) in [4.78, 5) is 0. The smallest absolute Gasteiger partial charge is 0.200 e. The molecule has 0 saturated heterocycles. The number of rotatable bonds is 10. The van der Waals surface area contributed by atoms with Crippen LogP contribution >= 0.6 is 0 Å². The normalized spacial score (nSPS) is 13.3. The predicted octanol–water partition coefficient (Wildman–Crippen LogP) is 7.64. The lowest BCUT2D eigenvalue weighted by Gasteiger charge is -2.42. The number of hydrogen-bond acceptors (Lipinski definition) is 3. The Kier molecular flexibility index (Phi) is 8.96. The van der Waals surface area contributed by atoms with Crippen LogP contribution in [0.5, 0.6) is 0 Å². The Balaban J connectivity index is 2.38. The highest BCUT2D eigenvalue weighted by molar-refractivity contribution is 6.77. The molecule has 0 aliphatic heterocycles. The number of nitrogens with one attached hydrogen (secondary N) is 1. The molecule has 0 fully saturated rings. The van der Waals surface area contributed by atoms with Crippen LogP contribution in [0.3, 0.4) is 0 Å². The molecule has 0 aromatic heterocycles. The lowest BCUT2D eigenvalue weighted by molar-refractivity contribution is 0.0980. The monoisotopic (exact) mass is 467 g/mol. The van der Waals surface area contributed by atoms with E-state index in [0.717, 1.165) is 11.6 Å². The van der Waals surface area contributed by atoms with Gasteiger partial charge in [-0.15, -0.1) is 0 Å². The lowest BCUT2D eigenvalue weighted by Crippen LogP contribution is -2.48. The van der Waals surface area contributed by atoms with Gasteiger partial charge in [-0.25, -0.2) is 13.2 Å². The van der Waals surface area contributed by atoms with E-state index in [1.807, 2.05) is 6.92 Å². The number of aliphatic hydroxyl groups is 1. The molecule has 0 spiro atoms. The Morgan fingerprint density at radius 1 is 0.906 bits per heavy atom. The van der Waals surface area contributed by atoms with Gasteiger partial charge in [-0.2, -0.15) is 0 Å². The zero-order valence-electron chi connectivity index (χ0n) is 20.1. The molecule has 32 heavy (non-hydrogen) atoms. The zero-order valence-corrected chi connectivity index (χ0v) is 21.1. The van der Waals surface area contributed by atoms with E-state index in [2.05, 4.69) is 46.9 Å². The molecule has 7 heteroatoms. The third kappa shape index (κ3) is 5.38. The van der Waals surface area contributed by atoms with E-state index >= 15 is 0 Å². The molecule has 0 aliphatic carbocycles. The Morgan fingerprint density at radius 2 is 1.50 bits per heavy atom. The van der Waals surface area contributed by atoms with Crippen molar-refractivity contribution < 1.29 is 22.7 Å². The first-order valence-electron chi connectivity index (χ1n) is 11.3. The van der Waals surface area contributed by atoms with Crippen molar-refractivity contribution in [2.24, 2.45) is 0 Å². The molecule has 1 unspecified atom stereocenters. The maximum absolute atomic E-state index is 14.7. The Bertz CT molecular complexity index is 897. The van der Waals surface area contributed by atoms with Gasteiger partial charge in [-0.3, -0.25) is 0 Å². The van der Waals surface area contributed by atoms with Crippen LogP contribution in [0, 0.1) is 17.5 Å². The second-order valence-electron chi connectivity index (χ2n) is 9.26. The number of aliphatic hydroxyl groups excluding tert-OH is 1. The Morgan fingerprint density at radius 3 is 2.00 bits per heavy atom. The largest absolute Gasteiger partial charge is 0.413 e. The second-order valence-corrected chi connectivity index (χ2v) is 14.7. The van der Waals surface area contributed by atoms with Crippen molar-refractivity contribution in [3.8, 4) is 0 Å². The minimum atomic E-state index is -2.27. The number of anilines is 2. The van der Waals surface area contributed by atoms with Gasteiger partial charge in [0, 0.05) is 5.56 Å². The summed E-state index contributed by atoms with van der Waals surface area (Å²) in [5.41, 5.74) is 1.57. The van der Waals surface area contributed by atoms with Crippen molar-refractivity contribution in [3.05, 3.63) is 58.9 Å². The molecule has 2 N–H and O–H groups in total. The van der Waals surface area contributed by atoms with Crippen molar-refractivity contribution in [2.75, 3.05) is 11.9 Å². The average molecular weight is 468 g/mol. The molecule has 2 aromatic carbocycles. The predicted molar refractivity (Wildman–Crippen MR) is 127 cm³/mol. The van der Waals surface area contributed by atoms with Crippen molar-refractivity contribution in [3.63, 3.8) is 0 Å². The Labute approximate surface area is 191 Å². The molecular formula is C25H36F3NO2Si. The molecular weight excluding hydrogens is 431 g/mol. The van der Waals surface area contributed by atoms with E-state index in [0.29, 0.717) is 23.0 Å². The minimum Gasteiger partial charge on any atom is -0.413 e. The van der Waals surface area contributed by atoms with Crippen molar-refractivity contribution >= 4 is 19.7 Å². The summed E-state index contributed by atoms with van der Waals surface area (Å²) in [6, 6.07) is 6.84. The number of halogens is 3. The molecule has 0 radical (unpaired) electrons. The van der Waals surface area contributed by atoms with Crippen LogP contribution in [0.4, 0.5) is 24.5 Å². The first-order valence-corrected chi connectivity index (χ1v) is 13.4. The topological polar surface area (TPSA) is 41.5 Å². The highest BCUT2D eigenvalue weighted by atomic mass is 28.4. The highest BCUT2D eigenvalue weighted by Crippen LogP contribution is 2.43. The van der Waals surface area contributed by atoms with Crippen molar-refractivity contribution in [2.45, 2.75) is 77.6 Å². The van der Waals surface area contributed by atoms with Crippen molar-refractivity contribution in [1.82, 2.24) is 0 Å². The standard InChI is InChI=1S/C25H36F3NO2Si/c1-8-18-9-12-22(21(27)13-18)29-25-19(10-11-20(26)24(25)28)23(30)14-31-32(15(2)3,16(4)5)17(6)7/h9-13,15-17,23,29-30H,8,14H2,1-7H3. The van der Waals surface area contributed by atoms with Gasteiger partial charge >= 0.3 is 0 Å². The molecule has 178 valence electrons. The molecule has 0 aliphatic rings. The maximum atomic E-state index is 14.7. The first-order chi connectivity index (χ1) is 14.9. The summed E-state index contributed by atoms with van der Waals surface area (Å²) in [5, 5.41) is 13.6. The SMILES string of the molecule is CCc1ccc(Nc2c(C(O)CO[Si](C(C)C)(C(C)C)C(C)C)ccc(F)c2F)c(F)c1. The van der Waals surface area contributed by atoms with Gasteiger partial charge < -0.3 is 14.8 Å². The fourth-order valence-electron chi connectivity index (χ4n) is 4.80.